The second-order valence-corrected chi connectivity index (χ2v) is 6.26. The highest BCUT2D eigenvalue weighted by Gasteiger charge is 2.35. The second-order valence-electron chi connectivity index (χ2n) is 5.41. The molecule has 1 aliphatic carbocycles. The van der Waals surface area contributed by atoms with Gasteiger partial charge in [-0.05, 0) is 52.5 Å². The number of amides is 1. The van der Waals surface area contributed by atoms with Crippen LogP contribution in [0.2, 0.25) is 0 Å². The van der Waals surface area contributed by atoms with Gasteiger partial charge in [0.2, 0.25) is 0 Å². The molecule has 0 heterocycles. The Morgan fingerprint density at radius 1 is 1.14 bits per heavy atom. The van der Waals surface area contributed by atoms with Gasteiger partial charge in [-0.15, -0.1) is 0 Å². The van der Waals surface area contributed by atoms with Gasteiger partial charge in [0.05, 0.1) is 5.56 Å². The number of hydrogen-bond acceptors (Lipinski definition) is 1. The van der Waals surface area contributed by atoms with Crippen LogP contribution in [-0.2, 0) is 0 Å². The quantitative estimate of drug-likeness (QED) is 0.857. The molecule has 0 radical (unpaired) electrons. The second kappa shape index (κ2) is 6.16. The van der Waals surface area contributed by atoms with Crippen LogP contribution in [-0.4, -0.2) is 11.9 Å². The molecule has 1 N–H and O–H groups in total. The predicted octanol–water partition coefficient (Wildman–Crippen LogP) is 4.40. The Kier molecular flexibility index (Phi) is 4.25. The van der Waals surface area contributed by atoms with Gasteiger partial charge in [0.25, 0.3) is 5.91 Å². The summed E-state index contributed by atoms with van der Waals surface area (Å²) >= 11 is 3.34. The fraction of sp³-hybridized carbons (Fsp3) is 0.235. The summed E-state index contributed by atoms with van der Waals surface area (Å²) < 4.78 is 27.6. The summed E-state index contributed by atoms with van der Waals surface area (Å²) in [5.41, 5.74) is 1.01. The molecule has 0 spiro atoms. The third kappa shape index (κ3) is 2.90. The molecular weight excluding hydrogens is 352 g/mol. The molecule has 1 amide bonds. The monoisotopic (exact) mass is 365 g/mol. The van der Waals surface area contributed by atoms with Crippen molar-refractivity contribution in [1.82, 2.24) is 5.32 Å². The lowest BCUT2D eigenvalue weighted by molar-refractivity contribution is 0.0903. The molecule has 0 aromatic heterocycles. The van der Waals surface area contributed by atoms with Crippen molar-refractivity contribution in [2.75, 3.05) is 0 Å². The summed E-state index contributed by atoms with van der Waals surface area (Å²) in [6, 6.07) is 10.6. The lowest BCUT2D eigenvalue weighted by atomic mass is 9.74. The van der Waals surface area contributed by atoms with E-state index in [9.17, 15) is 13.6 Å². The van der Waals surface area contributed by atoms with Gasteiger partial charge in [0.1, 0.15) is 11.6 Å². The van der Waals surface area contributed by atoms with Gasteiger partial charge >= 0.3 is 0 Å². The minimum atomic E-state index is -0.589. The van der Waals surface area contributed by atoms with Gasteiger partial charge < -0.3 is 5.32 Å². The third-order valence-electron chi connectivity index (χ3n) is 4.07. The van der Waals surface area contributed by atoms with Crippen molar-refractivity contribution in [2.45, 2.75) is 24.8 Å². The van der Waals surface area contributed by atoms with Crippen LogP contribution in [0.4, 0.5) is 8.78 Å². The number of benzene rings is 2. The van der Waals surface area contributed by atoms with E-state index in [-0.39, 0.29) is 17.9 Å². The SMILES string of the molecule is O=C(N[C@H]1CC[C@H]1c1ccc(F)cc1F)c1ccccc1Br. The molecule has 2 nitrogen and oxygen atoms in total. The van der Waals surface area contributed by atoms with Crippen LogP contribution >= 0.6 is 15.9 Å². The summed E-state index contributed by atoms with van der Waals surface area (Å²) in [6.45, 7) is 0. The van der Waals surface area contributed by atoms with Crippen LogP contribution in [0.1, 0.15) is 34.7 Å². The van der Waals surface area contributed by atoms with Gasteiger partial charge in [-0.3, -0.25) is 4.79 Å². The van der Waals surface area contributed by atoms with Gasteiger partial charge in [0, 0.05) is 22.5 Å². The van der Waals surface area contributed by atoms with E-state index in [4.69, 9.17) is 0 Å². The highest BCUT2D eigenvalue weighted by Crippen LogP contribution is 2.38. The molecule has 0 bridgehead atoms. The van der Waals surface area contributed by atoms with Crippen molar-refractivity contribution >= 4 is 21.8 Å². The molecule has 0 saturated heterocycles. The standard InChI is InChI=1S/C17H14BrF2NO/c18-14-4-2-1-3-13(14)17(22)21-16-8-7-12(16)11-6-5-10(19)9-15(11)20/h1-6,9,12,16H,7-8H2,(H,21,22)/t12-,16-/m0/s1. The van der Waals surface area contributed by atoms with Crippen molar-refractivity contribution in [3.05, 3.63) is 69.7 Å². The molecule has 0 unspecified atom stereocenters. The van der Waals surface area contributed by atoms with Crippen LogP contribution in [0.3, 0.4) is 0 Å². The van der Waals surface area contributed by atoms with Gasteiger partial charge in [-0.2, -0.15) is 0 Å². The first-order valence-electron chi connectivity index (χ1n) is 7.06. The summed E-state index contributed by atoms with van der Waals surface area (Å²) in [4.78, 5) is 12.3. The number of carbonyl (C=O) groups excluding carboxylic acids is 1. The normalized spacial score (nSPS) is 20.3. The van der Waals surface area contributed by atoms with E-state index in [1.165, 1.54) is 12.1 Å². The molecule has 0 aliphatic heterocycles. The molecule has 2 aromatic rings. The van der Waals surface area contributed by atoms with Gasteiger partial charge in [-0.25, -0.2) is 8.78 Å². The molecule has 5 heteroatoms. The smallest absolute Gasteiger partial charge is 0.252 e. The van der Waals surface area contributed by atoms with Crippen LogP contribution < -0.4 is 5.32 Å². The molecule has 1 saturated carbocycles. The molecular formula is C17H14BrF2NO. The van der Waals surface area contributed by atoms with E-state index < -0.39 is 11.6 Å². The van der Waals surface area contributed by atoms with E-state index in [1.807, 2.05) is 6.07 Å². The summed E-state index contributed by atoms with van der Waals surface area (Å²) in [7, 11) is 0. The fourth-order valence-electron chi connectivity index (χ4n) is 2.74. The first-order chi connectivity index (χ1) is 10.6. The van der Waals surface area contributed by atoms with Crippen molar-refractivity contribution in [2.24, 2.45) is 0 Å². The zero-order valence-electron chi connectivity index (χ0n) is 11.7. The molecule has 22 heavy (non-hydrogen) atoms. The van der Waals surface area contributed by atoms with Gasteiger partial charge in [0.15, 0.2) is 0 Å². The average Bonchev–Trinajstić information content (AvgIpc) is 2.46. The highest BCUT2D eigenvalue weighted by atomic mass is 79.9. The third-order valence-corrected chi connectivity index (χ3v) is 4.76. The zero-order chi connectivity index (χ0) is 15.7. The predicted molar refractivity (Wildman–Crippen MR) is 83.7 cm³/mol. The first-order valence-corrected chi connectivity index (χ1v) is 7.86. The van der Waals surface area contributed by atoms with E-state index in [1.54, 1.807) is 18.2 Å². The summed E-state index contributed by atoms with van der Waals surface area (Å²) in [5, 5.41) is 2.93. The fourth-order valence-corrected chi connectivity index (χ4v) is 3.20. The lowest BCUT2D eigenvalue weighted by Gasteiger charge is -2.37. The molecule has 2 atom stereocenters. The highest BCUT2D eigenvalue weighted by molar-refractivity contribution is 9.10. The summed E-state index contributed by atoms with van der Waals surface area (Å²) in [6.07, 6.45) is 1.57. The van der Waals surface area contributed by atoms with E-state index in [0.717, 1.165) is 23.4 Å². The number of carbonyl (C=O) groups is 1. The average molecular weight is 366 g/mol. The van der Waals surface area contributed by atoms with Crippen molar-refractivity contribution in [1.29, 1.82) is 0 Å². The minimum absolute atomic E-state index is 0.105. The van der Waals surface area contributed by atoms with E-state index >= 15 is 0 Å². The number of halogens is 3. The van der Waals surface area contributed by atoms with Crippen molar-refractivity contribution in [3.8, 4) is 0 Å². The van der Waals surface area contributed by atoms with Crippen molar-refractivity contribution in [3.63, 3.8) is 0 Å². The Hall–Kier alpha value is -1.75. The minimum Gasteiger partial charge on any atom is -0.349 e. The maximum absolute atomic E-state index is 13.9. The van der Waals surface area contributed by atoms with E-state index in [2.05, 4.69) is 21.2 Å². The molecule has 1 aliphatic rings. The Bertz CT molecular complexity index is 720. The number of rotatable bonds is 3. The molecule has 2 aromatic carbocycles. The zero-order valence-corrected chi connectivity index (χ0v) is 13.2. The maximum Gasteiger partial charge on any atom is 0.252 e. The Morgan fingerprint density at radius 2 is 1.91 bits per heavy atom. The maximum atomic E-state index is 13.9. The van der Waals surface area contributed by atoms with Crippen LogP contribution in [0.25, 0.3) is 0 Å². The van der Waals surface area contributed by atoms with Gasteiger partial charge in [-0.1, -0.05) is 18.2 Å². The largest absolute Gasteiger partial charge is 0.349 e. The van der Waals surface area contributed by atoms with Crippen LogP contribution in [0.5, 0.6) is 0 Å². The number of hydrogen-bond donors (Lipinski definition) is 1. The number of nitrogens with one attached hydrogen (secondary N) is 1. The first kappa shape index (κ1) is 15.2. The van der Waals surface area contributed by atoms with Crippen LogP contribution in [0.15, 0.2) is 46.9 Å². The molecule has 114 valence electrons. The Morgan fingerprint density at radius 3 is 2.55 bits per heavy atom. The van der Waals surface area contributed by atoms with E-state index in [0.29, 0.717) is 11.1 Å². The molecule has 3 rings (SSSR count). The van der Waals surface area contributed by atoms with Crippen molar-refractivity contribution < 1.29 is 13.6 Å². The topological polar surface area (TPSA) is 29.1 Å². The Labute approximate surface area is 135 Å². The van der Waals surface area contributed by atoms with Crippen LogP contribution in [0, 0.1) is 11.6 Å². The molecule has 1 fully saturated rings. The lowest BCUT2D eigenvalue weighted by Crippen LogP contribution is -2.45. The summed E-state index contributed by atoms with van der Waals surface area (Å²) in [5.74, 6) is -1.43. The Balaban J connectivity index is 1.74.